The lowest BCUT2D eigenvalue weighted by atomic mass is 9.98. The van der Waals surface area contributed by atoms with Gasteiger partial charge in [-0.3, -0.25) is 10.1 Å². The lowest BCUT2D eigenvalue weighted by Gasteiger charge is -2.32. The Hall–Kier alpha value is -1.42. The van der Waals surface area contributed by atoms with Crippen molar-refractivity contribution in [3.8, 4) is 0 Å². The van der Waals surface area contributed by atoms with Crippen molar-refractivity contribution in [1.29, 1.82) is 0 Å². The van der Waals surface area contributed by atoms with Crippen LogP contribution in [0.1, 0.15) is 58.7 Å². The molecule has 116 valence electrons. The highest BCUT2D eigenvalue weighted by Crippen LogP contribution is 2.36. The number of carbonyl (C=O) groups excluding carboxylic acids is 1. The molecule has 0 saturated carbocycles. The van der Waals surface area contributed by atoms with Crippen LogP contribution in [0.4, 0.5) is 4.39 Å². The highest BCUT2D eigenvalue weighted by atomic mass is 19.1. The van der Waals surface area contributed by atoms with Gasteiger partial charge in [0.05, 0.1) is 5.54 Å². The Labute approximate surface area is 126 Å². The zero-order valence-corrected chi connectivity index (χ0v) is 13.3. The summed E-state index contributed by atoms with van der Waals surface area (Å²) in [5, 5.41) is 3.36. The van der Waals surface area contributed by atoms with Gasteiger partial charge in [0.25, 0.3) is 0 Å². The molecule has 3 nitrogen and oxygen atoms in total. The summed E-state index contributed by atoms with van der Waals surface area (Å²) in [5.74, 6) is -0.189. The van der Waals surface area contributed by atoms with Crippen molar-refractivity contribution in [2.24, 2.45) is 0 Å². The van der Waals surface area contributed by atoms with Crippen LogP contribution < -0.4 is 5.32 Å². The van der Waals surface area contributed by atoms with E-state index in [1.807, 2.05) is 24.8 Å². The van der Waals surface area contributed by atoms with Crippen LogP contribution in [-0.4, -0.2) is 22.4 Å². The fourth-order valence-corrected chi connectivity index (χ4v) is 3.07. The molecular weight excluding hydrogens is 267 g/mol. The van der Waals surface area contributed by atoms with E-state index < -0.39 is 5.54 Å². The Morgan fingerprint density at radius 2 is 1.90 bits per heavy atom. The van der Waals surface area contributed by atoms with Crippen molar-refractivity contribution in [2.75, 3.05) is 0 Å². The molecule has 1 amide bonds. The Morgan fingerprint density at radius 1 is 1.29 bits per heavy atom. The fraction of sp³-hybridized carbons (Fsp3) is 0.588. The van der Waals surface area contributed by atoms with E-state index in [2.05, 4.69) is 19.2 Å². The number of nitrogens with zero attached hydrogens (tertiary/aromatic N) is 1. The Balaban J connectivity index is 2.46. The van der Waals surface area contributed by atoms with E-state index in [9.17, 15) is 9.18 Å². The van der Waals surface area contributed by atoms with Crippen molar-refractivity contribution >= 4 is 5.91 Å². The van der Waals surface area contributed by atoms with E-state index >= 15 is 0 Å². The van der Waals surface area contributed by atoms with Gasteiger partial charge in [-0.05, 0) is 32.3 Å². The monoisotopic (exact) mass is 292 g/mol. The van der Waals surface area contributed by atoms with E-state index in [0.29, 0.717) is 12.0 Å². The molecule has 0 radical (unpaired) electrons. The maximum Gasteiger partial charge on any atom is 0.244 e. The minimum atomic E-state index is -0.616. The molecule has 0 bridgehead atoms. The van der Waals surface area contributed by atoms with Crippen LogP contribution >= 0.6 is 0 Å². The summed E-state index contributed by atoms with van der Waals surface area (Å²) in [7, 11) is 0. The van der Waals surface area contributed by atoms with Crippen LogP contribution in [0.25, 0.3) is 0 Å². The molecule has 1 heterocycles. The average molecular weight is 292 g/mol. The molecule has 1 fully saturated rings. The molecule has 1 saturated heterocycles. The van der Waals surface area contributed by atoms with Gasteiger partial charge in [0.1, 0.15) is 12.0 Å². The van der Waals surface area contributed by atoms with Crippen molar-refractivity contribution in [3.05, 3.63) is 35.6 Å². The molecule has 1 aromatic rings. The molecular formula is C17H25FN2O. The molecule has 0 aromatic heterocycles. The van der Waals surface area contributed by atoms with Crippen LogP contribution in [0.2, 0.25) is 0 Å². The first-order chi connectivity index (χ1) is 9.98. The maximum absolute atomic E-state index is 14.2. The number of halogens is 1. The largest absolute Gasteiger partial charge is 0.318 e. The molecule has 1 aliphatic rings. The third-order valence-electron chi connectivity index (χ3n) is 4.68. The third kappa shape index (κ3) is 2.69. The Kier molecular flexibility index (Phi) is 4.67. The molecule has 21 heavy (non-hydrogen) atoms. The zero-order chi connectivity index (χ0) is 15.6. The molecule has 2 unspecified atom stereocenters. The second-order valence-corrected chi connectivity index (χ2v) is 5.94. The topological polar surface area (TPSA) is 32.3 Å². The van der Waals surface area contributed by atoms with Crippen LogP contribution in [-0.2, 0) is 4.79 Å². The summed E-state index contributed by atoms with van der Waals surface area (Å²) in [6.07, 6.45) is 2.05. The summed E-state index contributed by atoms with van der Waals surface area (Å²) >= 11 is 0. The van der Waals surface area contributed by atoms with Crippen LogP contribution in [0.15, 0.2) is 24.3 Å². The molecule has 2 rings (SSSR count). The highest BCUT2D eigenvalue weighted by molar-refractivity contribution is 5.88. The smallest absolute Gasteiger partial charge is 0.244 e. The number of hydrogen-bond donors (Lipinski definition) is 1. The van der Waals surface area contributed by atoms with Crippen LogP contribution in [0.5, 0.6) is 0 Å². The van der Waals surface area contributed by atoms with Gasteiger partial charge in [-0.15, -0.1) is 0 Å². The van der Waals surface area contributed by atoms with Gasteiger partial charge in [0, 0.05) is 11.6 Å². The first kappa shape index (κ1) is 16.0. The molecule has 2 atom stereocenters. The third-order valence-corrected chi connectivity index (χ3v) is 4.68. The minimum absolute atomic E-state index is 0.0759. The standard InChI is InChI=1S/C17H25FN2O/c1-5-12(6-2)20-15(13-10-8-9-11-14(13)18)19-17(4,7-3)16(20)21/h8-12,15,19H,5-7H2,1-4H3. The lowest BCUT2D eigenvalue weighted by molar-refractivity contribution is -0.135. The molecule has 1 aromatic carbocycles. The van der Waals surface area contributed by atoms with Gasteiger partial charge in [0.2, 0.25) is 5.91 Å². The Morgan fingerprint density at radius 3 is 2.43 bits per heavy atom. The molecule has 0 aliphatic carbocycles. The van der Waals surface area contributed by atoms with Gasteiger partial charge in [0.15, 0.2) is 0 Å². The van der Waals surface area contributed by atoms with E-state index in [0.717, 1.165) is 12.8 Å². The van der Waals surface area contributed by atoms with E-state index in [4.69, 9.17) is 0 Å². The number of rotatable bonds is 5. The predicted molar refractivity (Wildman–Crippen MR) is 82.2 cm³/mol. The SMILES string of the molecule is CCC(CC)N1C(=O)C(C)(CC)NC1c1ccccc1F. The average Bonchev–Trinajstić information content (AvgIpc) is 2.75. The molecule has 1 N–H and O–H groups in total. The molecule has 0 spiro atoms. The van der Waals surface area contributed by atoms with Crippen LogP contribution in [0.3, 0.4) is 0 Å². The minimum Gasteiger partial charge on any atom is -0.318 e. The van der Waals surface area contributed by atoms with Crippen molar-refractivity contribution in [2.45, 2.75) is 64.7 Å². The van der Waals surface area contributed by atoms with Gasteiger partial charge >= 0.3 is 0 Å². The van der Waals surface area contributed by atoms with E-state index in [1.165, 1.54) is 6.07 Å². The van der Waals surface area contributed by atoms with Gasteiger partial charge < -0.3 is 4.90 Å². The summed E-state index contributed by atoms with van der Waals surface area (Å²) in [6.45, 7) is 8.04. The lowest BCUT2D eigenvalue weighted by Crippen LogP contribution is -2.44. The van der Waals surface area contributed by atoms with Crippen molar-refractivity contribution < 1.29 is 9.18 Å². The van der Waals surface area contributed by atoms with E-state index in [-0.39, 0.29) is 23.9 Å². The second kappa shape index (κ2) is 6.14. The molecule has 4 heteroatoms. The number of nitrogens with one attached hydrogen (secondary N) is 1. The fourth-order valence-electron chi connectivity index (χ4n) is 3.07. The molecule has 1 aliphatic heterocycles. The van der Waals surface area contributed by atoms with Crippen molar-refractivity contribution in [3.63, 3.8) is 0 Å². The van der Waals surface area contributed by atoms with Gasteiger partial charge in [-0.1, -0.05) is 39.0 Å². The first-order valence-electron chi connectivity index (χ1n) is 7.83. The Bertz CT molecular complexity index is 515. The van der Waals surface area contributed by atoms with E-state index in [1.54, 1.807) is 12.1 Å². The number of amides is 1. The maximum atomic E-state index is 14.2. The van der Waals surface area contributed by atoms with Crippen molar-refractivity contribution in [1.82, 2.24) is 10.2 Å². The zero-order valence-electron chi connectivity index (χ0n) is 13.3. The summed E-state index contributed by atoms with van der Waals surface area (Å²) in [6, 6.07) is 6.83. The second-order valence-electron chi connectivity index (χ2n) is 5.94. The first-order valence-corrected chi connectivity index (χ1v) is 7.83. The number of benzene rings is 1. The number of hydrogen-bond acceptors (Lipinski definition) is 2. The van der Waals surface area contributed by atoms with Gasteiger partial charge in [-0.2, -0.15) is 0 Å². The summed E-state index contributed by atoms with van der Waals surface area (Å²) in [5.41, 5.74) is -0.0647. The quantitative estimate of drug-likeness (QED) is 0.899. The van der Waals surface area contributed by atoms with Gasteiger partial charge in [-0.25, -0.2) is 4.39 Å². The van der Waals surface area contributed by atoms with Crippen LogP contribution in [0, 0.1) is 5.82 Å². The number of carbonyl (C=O) groups is 1. The normalized spacial score (nSPS) is 25.9. The predicted octanol–water partition coefficient (Wildman–Crippen LogP) is 3.61. The summed E-state index contributed by atoms with van der Waals surface area (Å²) in [4.78, 5) is 14.7. The summed E-state index contributed by atoms with van der Waals surface area (Å²) < 4.78 is 14.2. The highest BCUT2D eigenvalue weighted by Gasteiger charge is 2.49.